The molecule has 3 rings (SSSR count). The number of benzene rings is 2. The zero-order chi connectivity index (χ0) is 19.2. The number of piperazine rings is 1. The Balaban J connectivity index is 1.68. The van der Waals surface area contributed by atoms with Gasteiger partial charge in [0.15, 0.2) is 11.5 Å². The normalized spacial score (nSPS) is 14.0. The second-order valence-electron chi connectivity index (χ2n) is 6.25. The number of carbonyl (C=O) groups is 1. The Labute approximate surface area is 160 Å². The number of ether oxygens (including phenoxy) is 3. The van der Waals surface area contributed by atoms with Gasteiger partial charge < -0.3 is 24.0 Å². The molecular weight excluding hydrogens is 344 g/mol. The largest absolute Gasteiger partial charge is 0.493 e. The lowest BCUT2D eigenvalue weighted by Gasteiger charge is -2.36. The van der Waals surface area contributed by atoms with Crippen LogP contribution in [-0.2, 0) is 0 Å². The standard InChI is InChI=1S/C21H26N2O4/c1-4-27-18-8-6-5-7-17(18)22-11-13-23(14-12-22)21(24)16-9-10-19(25-2)20(15-16)26-3/h5-10,15H,4,11-14H2,1-3H3. The summed E-state index contributed by atoms with van der Waals surface area (Å²) in [4.78, 5) is 17.0. The van der Waals surface area contributed by atoms with Crippen LogP contribution in [0.5, 0.6) is 17.2 Å². The molecule has 6 heteroatoms. The minimum Gasteiger partial charge on any atom is -0.493 e. The molecule has 0 spiro atoms. The molecule has 1 aliphatic rings. The van der Waals surface area contributed by atoms with Crippen molar-refractivity contribution in [2.45, 2.75) is 6.92 Å². The first-order chi connectivity index (χ1) is 13.2. The molecule has 0 bridgehead atoms. The van der Waals surface area contributed by atoms with Gasteiger partial charge in [-0.2, -0.15) is 0 Å². The zero-order valence-electron chi connectivity index (χ0n) is 16.1. The van der Waals surface area contributed by atoms with Gasteiger partial charge in [0.05, 0.1) is 26.5 Å². The third-order valence-corrected chi connectivity index (χ3v) is 4.70. The van der Waals surface area contributed by atoms with Crippen molar-refractivity contribution in [1.29, 1.82) is 0 Å². The molecule has 6 nitrogen and oxygen atoms in total. The predicted octanol–water partition coefficient (Wildman–Crippen LogP) is 3.06. The Hall–Kier alpha value is -2.89. The van der Waals surface area contributed by atoms with Crippen LogP contribution in [0.3, 0.4) is 0 Å². The van der Waals surface area contributed by atoms with Crippen LogP contribution in [0.4, 0.5) is 5.69 Å². The van der Waals surface area contributed by atoms with E-state index in [1.54, 1.807) is 32.4 Å². The fraction of sp³-hybridized carbons (Fsp3) is 0.381. The second kappa shape index (κ2) is 8.66. The number of methoxy groups -OCH3 is 2. The van der Waals surface area contributed by atoms with Crippen molar-refractivity contribution >= 4 is 11.6 Å². The van der Waals surface area contributed by atoms with Crippen LogP contribution in [0.15, 0.2) is 42.5 Å². The Morgan fingerprint density at radius 3 is 2.30 bits per heavy atom. The fourth-order valence-corrected chi connectivity index (χ4v) is 3.30. The number of anilines is 1. The monoisotopic (exact) mass is 370 g/mol. The summed E-state index contributed by atoms with van der Waals surface area (Å²) in [5.41, 5.74) is 1.69. The van der Waals surface area contributed by atoms with Gasteiger partial charge in [-0.3, -0.25) is 4.79 Å². The second-order valence-corrected chi connectivity index (χ2v) is 6.25. The van der Waals surface area contributed by atoms with Crippen LogP contribution in [-0.4, -0.2) is 57.8 Å². The van der Waals surface area contributed by atoms with Crippen molar-refractivity contribution in [2.24, 2.45) is 0 Å². The highest BCUT2D eigenvalue weighted by Gasteiger charge is 2.24. The average molecular weight is 370 g/mol. The third kappa shape index (κ3) is 4.10. The average Bonchev–Trinajstić information content (AvgIpc) is 2.73. The fourth-order valence-electron chi connectivity index (χ4n) is 3.30. The minimum atomic E-state index is 0.00805. The number of rotatable bonds is 6. The lowest BCUT2D eigenvalue weighted by atomic mass is 10.1. The van der Waals surface area contributed by atoms with Gasteiger partial charge in [-0.25, -0.2) is 0 Å². The number of nitrogens with zero attached hydrogens (tertiary/aromatic N) is 2. The van der Waals surface area contributed by atoms with Gasteiger partial charge in [-0.05, 0) is 37.3 Å². The summed E-state index contributed by atoms with van der Waals surface area (Å²) < 4.78 is 16.3. The molecule has 1 fully saturated rings. The molecule has 1 saturated heterocycles. The Bertz CT molecular complexity index is 786. The topological polar surface area (TPSA) is 51.2 Å². The van der Waals surface area contributed by atoms with Gasteiger partial charge in [0, 0.05) is 31.7 Å². The summed E-state index contributed by atoms with van der Waals surface area (Å²) in [6.07, 6.45) is 0. The highest BCUT2D eigenvalue weighted by molar-refractivity contribution is 5.95. The molecule has 0 aromatic heterocycles. The minimum absolute atomic E-state index is 0.00805. The molecular formula is C21H26N2O4. The first kappa shape index (κ1) is 18.9. The summed E-state index contributed by atoms with van der Waals surface area (Å²) in [6, 6.07) is 13.3. The predicted molar refractivity (Wildman–Crippen MR) is 105 cm³/mol. The maximum absolute atomic E-state index is 12.9. The van der Waals surface area contributed by atoms with E-state index in [4.69, 9.17) is 14.2 Å². The number of amides is 1. The van der Waals surface area contributed by atoms with Crippen LogP contribution < -0.4 is 19.1 Å². The van der Waals surface area contributed by atoms with Crippen LogP contribution in [0.25, 0.3) is 0 Å². The Kier molecular flexibility index (Phi) is 6.06. The highest BCUT2D eigenvalue weighted by atomic mass is 16.5. The van der Waals surface area contributed by atoms with E-state index in [2.05, 4.69) is 11.0 Å². The molecule has 0 saturated carbocycles. The van der Waals surface area contributed by atoms with Gasteiger partial charge in [-0.1, -0.05) is 12.1 Å². The highest BCUT2D eigenvalue weighted by Crippen LogP contribution is 2.30. The molecule has 0 N–H and O–H groups in total. The first-order valence-corrected chi connectivity index (χ1v) is 9.16. The summed E-state index contributed by atoms with van der Waals surface area (Å²) in [6.45, 7) is 5.47. The Morgan fingerprint density at radius 1 is 0.926 bits per heavy atom. The maximum Gasteiger partial charge on any atom is 0.254 e. The van der Waals surface area contributed by atoms with E-state index in [0.717, 1.165) is 24.5 Å². The molecule has 2 aromatic carbocycles. The summed E-state index contributed by atoms with van der Waals surface area (Å²) >= 11 is 0. The summed E-state index contributed by atoms with van der Waals surface area (Å²) in [7, 11) is 3.15. The molecule has 1 aliphatic heterocycles. The molecule has 0 unspecified atom stereocenters. The van der Waals surface area contributed by atoms with E-state index >= 15 is 0 Å². The molecule has 144 valence electrons. The molecule has 0 radical (unpaired) electrons. The van der Waals surface area contributed by atoms with Crippen LogP contribution in [0.2, 0.25) is 0 Å². The van der Waals surface area contributed by atoms with Crippen molar-refractivity contribution in [1.82, 2.24) is 4.90 Å². The number of hydrogen-bond acceptors (Lipinski definition) is 5. The number of hydrogen-bond donors (Lipinski definition) is 0. The van der Waals surface area contributed by atoms with E-state index < -0.39 is 0 Å². The third-order valence-electron chi connectivity index (χ3n) is 4.70. The van der Waals surface area contributed by atoms with Gasteiger partial charge in [0.2, 0.25) is 0 Å². The van der Waals surface area contributed by atoms with Gasteiger partial charge in [0.1, 0.15) is 5.75 Å². The maximum atomic E-state index is 12.9. The number of para-hydroxylation sites is 2. The summed E-state index contributed by atoms with van der Waals surface area (Å²) in [5.74, 6) is 2.08. The molecule has 27 heavy (non-hydrogen) atoms. The Morgan fingerprint density at radius 2 is 1.63 bits per heavy atom. The lowest BCUT2D eigenvalue weighted by molar-refractivity contribution is 0.0746. The van der Waals surface area contributed by atoms with E-state index in [1.807, 2.05) is 30.0 Å². The lowest BCUT2D eigenvalue weighted by Crippen LogP contribution is -2.48. The van der Waals surface area contributed by atoms with Gasteiger partial charge >= 0.3 is 0 Å². The van der Waals surface area contributed by atoms with E-state index in [0.29, 0.717) is 36.8 Å². The van der Waals surface area contributed by atoms with E-state index in [-0.39, 0.29) is 5.91 Å². The van der Waals surface area contributed by atoms with Gasteiger partial charge in [-0.15, -0.1) is 0 Å². The van der Waals surface area contributed by atoms with Crippen LogP contribution >= 0.6 is 0 Å². The molecule has 1 amide bonds. The quantitative estimate of drug-likeness (QED) is 0.782. The van der Waals surface area contributed by atoms with Crippen molar-refractivity contribution in [3.8, 4) is 17.2 Å². The number of carbonyl (C=O) groups excluding carboxylic acids is 1. The van der Waals surface area contributed by atoms with Crippen molar-refractivity contribution < 1.29 is 19.0 Å². The molecule has 1 heterocycles. The SMILES string of the molecule is CCOc1ccccc1N1CCN(C(=O)c2ccc(OC)c(OC)c2)CC1. The van der Waals surface area contributed by atoms with Gasteiger partial charge in [0.25, 0.3) is 5.91 Å². The first-order valence-electron chi connectivity index (χ1n) is 9.16. The van der Waals surface area contributed by atoms with E-state index in [1.165, 1.54) is 0 Å². The smallest absolute Gasteiger partial charge is 0.254 e. The molecule has 0 atom stereocenters. The van der Waals surface area contributed by atoms with Crippen molar-refractivity contribution in [3.05, 3.63) is 48.0 Å². The zero-order valence-corrected chi connectivity index (χ0v) is 16.1. The van der Waals surface area contributed by atoms with Crippen LogP contribution in [0.1, 0.15) is 17.3 Å². The van der Waals surface area contributed by atoms with E-state index in [9.17, 15) is 4.79 Å². The van der Waals surface area contributed by atoms with Crippen molar-refractivity contribution in [3.63, 3.8) is 0 Å². The summed E-state index contributed by atoms with van der Waals surface area (Å²) in [5, 5.41) is 0. The molecule has 0 aliphatic carbocycles. The van der Waals surface area contributed by atoms with Crippen LogP contribution in [0, 0.1) is 0 Å². The van der Waals surface area contributed by atoms with Crippen molar-refractivity contribution in [2.75, 3.05) is 51.9 Å². The molecule has 2 aromatic rings.